The van der Waals surface area contributed by atoms with Gasteiger partial charge in [-0.15, -0.1) is 0 Å². The Balaban J connectivity index is 2.09. The number of hydrogen-bond acceptors (Lipinski definition) is 4. The molecule has 1 heterocycles. The number of sulfonamides is 1. The maximum atomic E-state index is 14.2. The number of benzene rings is 2. The van der Waals surface area contributed by atoms with Gasteiger partial charge in [0.15, 0.2) is 0 Å². The maximum absolute atomic E-state index is 14.2. The minimum Gasteiger partial charge on any atom is -0.337 e. The van der Waals surface area contributed by atoms with Gasteiger partial charge in [-0.05, 0) is 30.3 Å². The van der Waals surface area contributed by atoms with E-state index in [2.05, 4.69) is 4.98 Å². The summed E-state index contributed by atoms with van der Waals surface area (Å²) in [5.41, 5.74) is -0.0477. The Hall–Kier alpha value is -2.75. The van der Waals surface area contributed by atoms with Crippen molar-refractivity contribution in [2.45, 2.75) is 25.3 Å². The zero-order valence-electron chi connectivity index (χ0n) is 17.9. The second kappa shape index (κ2) is 9.40. The predicted molar refractivity (Wildman–Crippen MR) is 122 cm³/mol. The highest BCUT2D eigenvalue weighted by Crippen LogP contribution is 2.25. The van der Waals surface area contributed by atoms with Crippen molar-refractivity contribution in [2.24, 2.45) is 0 Å². The second-order valence-corrected chi connectivity index (χ2v) is 9.55. The van der Waals surface area contributed by atoms with Crippen LogP contribution >= 0.6 is 11.6 Å². The number of aromatic amines is 1. The van der Waals surface area contributed by atoms with Gasteiger partial charge >= 0.3 is 0 Å². The van der Waals surface area contributed by atoms with E-state index in [0.29, 0.717) is 18.6 Å². The van der Waals surface area contributed by atoms with Crippen LogP contribution in [0.5, 0.6) is 0 Å². The Labute approximate surface area is 190 Å². The van der Waals surface area contributed by atoms with E-state index in [1.807, 2.05) is 0 Å². The number of hydrogen-bond donors (Lipinski definition) is 1. The molecule has 1 N–H and O–H groups in total. The summed E-state index contributed by atoms with van der Waals surface area (Å²) in [6.07, 6.45) is 0. The first-order chi connectivity index (χ1) is 15.1. The lowest BCUT2D eigenvalue weighted by atomic mass is 10.1. The molecule has 0 bridgehead atoms. The van der Waals surface area contributed by atoms with Crippen LogP contribution in [-0.2, 0) is 16.6 Å². The third-order valence-corrected chi connectivity index (χ3v) is 7.59. The highest BCUT2D eigenvalue weighted by Gasteiger charge is 2.24. The van der Waals surface area contributed by atoms with Crippen LogP contribution in [0.25, 0.3) is 10.9 Å². The molecule has 1 amide bonds. The van der Waals surface area contributed by atoms with E-state index in [1.54, 1.807) is 13.8 Å². The van der Waals surface area contributed by atoms with Crippen LogP contribution in [0.2, 0.25) is 5.02 Å². The minimum absolute atomic E-state index is 0.00889. The largest absolute Gasteiger partial charge is 0.337 e. The monoisotopic (exact) mass is 479 g/mol. The van der Waals surface area contributed by atoms with Crippen molar-refractivity contribution in [3.63, 3.8) is 0 Å². The fourth-order valence-corrected chi connectivity index (χ4v) is 5.19. The molecule has 0 radical (unpaired) electrons. The van der Waals surface area contributed by atoms with E-state index in [1.165, 1.54) is 52.7 Å². The van der Waals surface area contributed by atoms with Crippen molar-refractivity contribution >= 4 is 38.4 Å². The number of rotatable bonds is 7. The Bertz CT molecular complexity index is 1320. The molecule has 3 aromatic rings. The summed E-state index contributed by atoms with van der Waals surface area (Å²) in [6.45, 7) is 3.92. The number of amides is 1. The van der Waals surface area contributed by atoms with Crippen molar-refractivity contribution in [3.05, 3.63) is 74.8 Å². The standard InChI is InChI=1S/C22H23ClFN3O4S/c1-4-27(5-2)32(30,31)14-9-10-20-15(11-14)16(12-21(28)25-20)22(29)26(3)13-17-18(23)7-6-8-19(17)24/h6-12H,4-5,13H2,1-3H3,(H,25,28). The number of H-pyrrole nitrogens is 1. The molecule has 32 heavy (non-hydrogen) atoms. The van der Waals surface area contributed by atoms with Gasteiger partial charge in [-0.3, -0.25) is 9.59 Å². The molecule has 0 fully saturated rings. The first-order valence-electron chi connectivity index (χ1n) is 9.95. The molecule has 3 rings (SSSR count). The fourth-order valence-electron chi connectivity index (χ4n) is 3.48. The van der Waals surface area contributed by atoms with Crippen LogP contribution in [-0.4, -0.2) is 48.7 Å². The minimum atomic E-state index is -3.78. The van der Waals surface area contributed by atoms with Gasteiger partial charge < -0.3 is 9.88 Å². The second-order valence-electron chi connectivity index (χ2n) is 7.21. The molecule has 2 aromatic carbocycles. The highest BCUT2D eigenvalue weighted by atomic mass is 35.5. The Morgan fingerprint density at radius 3 is 2.44 bits per heavy atom. The number of nitrogens with zero attached hydrogens (tertiary/aromatic N) is 2. The van der Waals surface area contributed by atoms with E-state index in [4.69, 9.17) is 11.6 Å². The van der Waals surface area contributed by atoms with E-state index in [0.717, 1.165) is 6.07 Å². The average molecular weight is 480 g/mol. The normalized spacial score (nSPS) is 11.8. The van der Waals surface area contributed by atoms with Crippen LogP contribution < -0.4 is 5.56 Å². The van der Waals surface area contributed by atoms with Crippen LogP contribution in [0.15, 0.2) is 52.2 Å². The van der Waals surface area contributed by atoms with Gasteiger partial charge in [-0.1, -0.05) is 31.5 Å². The number of carbonyl (C=O) groups excluding carboxylic acids is 1. The molecule has 0 unspecified atom stereocenters. The molecule has 7 nitrogen and oxygen atoms in total. The highest BCUT2D eigenvalue weighted by molar-refractivity contribution is 7.89. The van der Waals surface area contributed by atoms with E-state index in [9.17, 15) is 22.4 Å². The molecule has 0 saturated carbocycles. The summed E-state index contributed by atoms with van der Waals surface area (Å²) in [5.74, 6) is -1.13. The number of aromatic nitrogens is 1. The van der Waals surface area contributed by atoms with Gasteiger partial charge in [-0.25, -0.2) is 12.8 Å². The molecule has 10 heteroatoms. The Morgan fingerprint density at radius 1 is 1.12 bits per heavy atom. The van der Waals surface area contributed by atoms with E-state index < -0.39 is 27.3 Å². The van der Waals surface area contributed by atoms with Crippen molar-refractivity contribution in [1.82, 2.24) is 14.2 Å². The zero-order chi connectivity index (χ0) is 23.6. The molecule has 0 aliphatic rings. The van der Waals surface area contributed by atoms with Crippen molar-refractivity contribution in [3.8, 4) is 0 Å². The molecule has 0 aliphatic carbocycles. The topological polar surface area (TPSA) is 90.5 Å². The fraction of sp³-hybridized carbons (Fsp3) is 0.273. The summed E-state index contributed by atoms with van der Waals surface area (Å²) >= 11 is 6.07. The van der Waals surface area contributed by atoms with Crippen LogP contribution in [0.4, 0.5) is 4.39 Å². The maximum Gasteiger partial charge on any atom is 0.254 e. The summed E-state index contributed by atoms with van der Waals surface area (Å²) in [4.78, 5) is 29.2. The van der Waals surface area contributed by atoms with Crippen LogP contribution in [0.3, 0.4) is 0 Å². The predicted octanol–water partition coefficient (Wildman–Crippen LogP) is 3.62. The SMILES string of the molecule is CCN(CC)S(=O)(=O)c1ccc2[nH]c(=O)cc(C(=O)N(C)Cc3c(F)cccc3Cl)c2c1. The number of carbonyl (C=O) groups is 1. The zero-order valence-corrected chi connectivity index (χ0v) is 19.4. The summed E-state index contributed by atoms with van der Waals surface area (Å²) < 4.78 is 41.3. The first kappa shape index (κ1) is 23.9. The van der Waals surface area contributed by atoms with Crippen molar-refractivity contribution in [2.75, 3.05) is 20.1 Å². The molecular weight excluding hydrogens is 457 g/mol. The summed E-state index contributed by atoms with van der Waals surface area (Å²) in [7, 11) is -2.32. The van der Waals surface area contributed by atoms with E-state index >= 15 is 0 Å². The molecule has 0 spiro atoms. The lowest BCUT2D eigenvalue weighted by Crippen LogP contribution is -2.31. The third-order valence-electron chi connectivity index (χ3n) is 5.19. The molecule has 0 aliphatic heterocycles. The van der Waals surface area contributed by atoms with E-state index in [-0.39, 0.29) is 33.0 Å². The number of pyridine rings is 1. The Morgan fingerprint density at radius 2 is 1.81 bits per heavy atom. The Kier molecular flexibility index (Phi) is 7.02. The lowest BCUT2D eigenvalue weighted by Gasteiger charge is -2.20. The number of fused-ring (bicyclic) bond motifs is 1. The third kappa shape index (κ3) is 4.55. The molecule has 0 saturated heterocycles. The number of nitrogens with one attached hydrogen (secondary N) is 1. The average Bonchev–Trinajstić information content (AvgIpc) is 2.75. The summed E-state index contributed by atoms with van der Waals surface area (Å²) in [6, 6.07) is 9.55. The van der Waals surface area contributed by atoms with Gasteiger partial charge in [0.2, 0.25) is 15.6 Å². The van der Waals surface area contributed by atoms with Crippen molar-refractivity contribution in [1.29, 1.82) is 0 Å². The van der Waals surface area contributed by atoms with Crippen LogP contribution in [0, 0.1) is 5.82 Å². The van der Waals surface area contributed by atoms with Gasteiger partial charge in [-0.2, -0.15) is 4.31 Å². The van der Waals surface area contributed by atoms with Crippen molar-refractivity contribution < 1.29 is 17.6 Å². The molecule has 170 valence electrons. The van der Waals surface area contributed by atoms with Gasteiger partial charge in [0.25, 0.3) is 5.91 Å². The summed E-state index contributed by atoms with van der Waals surface area (Å²) in [5, 5.41) is 0.447. The number of halogens is 2. The van der Waals surface area contributed by atoms with Gasteiger partial charge in [0.05, 0.1) is 10.5 Å². The quantitative estimate of drug-likeness (QED) is 0.560. The lowest BCUT2D eigenvalue weighted by molar-refractivity contribution is 0.0785. The molecule has 1 aromatic heterocycles. The van der Waals surface area contributed by atoms with Gasteiger partial charge in [0, 0.05) is 54.2 Å². The first-order valence-corrected chi connectivity index (χ1v) is 11.8. The van der Waals surface area contributed by atoms with Crippen LogP contribution in [0.1, 0.15) is 29.8 Å². The smallest absolute Gasteiger partial charge is 0.254 e. The molecular formula is C22H23ClFN3O4S. The van der Waals surface area contributed by atoms with Gasteiger partial charge in [0.1, 0.15) is 5.82 Å². The molecule has 0 atom stereocenters.